The normalized spacial score (nSPS) is 26.8. The Labute approximate surface area is 490 Å². The maximum atomic E-state index is 15.0. The molecule has 2 aromatic carbocycles. The number of benzene rings is 2. The van der Waals surface area contributed by atoms with E-state index >= 15 is 0 Å². The van der Waals surface area contributed by atoms with Gasteiger partial charge in [-0.25, -0.2) is 4.39 Å². The Kier molecular flexibility index (Phi) is 23.4. The zero-order valence-corrected chi connectivity index (χ0v) is 48.7. The van der Waals surface area contributed by atoms with Gasteiger partial charge in [0.25, 0.3) is 5.91 Å². The van der Waals surface area contributed by atoms with Crippen LogP contribution in [0.2, 0.25) is 0 Å². The minimum atomic E-state index is -1.45. The van der Waals surface area contributed by atoms with Crippen molar-refractivity contribution in [1.29, 1.82) is 0 Å². The Morgan fingerprint density at radius 1 is 0.738 bits per heavy atom. The lowest BCUT2D eigenvalue weighted by atomic mass is 9.82. The van der Waals surface area contributed by atoms with Crippen LogP contribution in [0.25, 0.3) is 10.9 Å². The van der Waals surface area contributed by atoms with E-state index in [0.29, 0.717) is 105 Å². The quantitative estimate of drug-likeness (QED) is 0.166. The number of halogens is 1. The number of H-pyrrole nitrogens is 1. The number of amides is 10. The molecular formula is C61H84FN11O11. The number of aromatic nitrogens is 1. The fraction of sp³-hybridized carbons (Fsp3) is 0.574. The molecule has 1 saturated heterocycles. The summed E-state index contributed by atoms with van der Waals surface area (Å²) < 4.78 is 20.3. The molecule has 4 bridgehead atoms. The van der Waals surface area contributed by atoms with E-state index in [1.165, 1.54) is 33.8 Å². The van der Waals surface area contributed by atoms with Crippen LogP contribution in [0.4, 0.5) is 4.39 Å². The number of rotatable bonds is 6. The van der Waals surface area contributed by atoms with Crippen molar-refractivity contribution in [3.05, 3.63) is 83.3 Å². The van der Waals surface area contributed by atoms with Gasteiger partial charge in [-0.2, -0.15) is 0 Å². The molecule has 0 radical (unpaired) electrons. The minimum absolute atomic E-state index is 0.00392. The van der Waals surface area contributed by atoms with Crippen molar-refractivity contribution < 1.29 is 57.1 Å². The molecule has 2 fully saturated rings. The summed E-state index contributed by atoms with van der Waals surface area (Å²) in [7, 11) is 1.65. The zero-order chi connectivity index (χ0) is 60.3. The molecule has 4 aliphatic heterocycles. The first-order valence-electron chi connectivity index (χ1n) is 29.8. The zero-order valence-electron chi connectivity index (χ0n) is 48.7. The maximum absolute atomic E-state index is 15.0. The lowest BCUT2D eigenvalue weighted by Gasteiger charge is -2.38. The molecular weight excluding hydrogens is 1080 g/mol. The summed E-state index contributed by atoms with van der Waals surface area (Å²) in [4.78, 5) is 147. The molecule has 1 aliphatic carbocycles. The molecule has 1 saturated carbocycles. The molecule has 456 valence electrons. The van der Waals surface area contributed by atoms with E-state index in [0.717, 1.165) is 12.8 Å². The van der Waals surface area contributed by atoms with E-state index in [4.69, 9.17) is 10.5 Å². The summed E-state index contributed by atoms with van der Waals surface area (Å²) in [5.41, 5.74) is 6.46. The summed E-state index contributed by atoms with van der Waals surface area (Å²) in [6, 6.07) is 5.79. The Bertz CT molecular complexity index is 2870. The van der Waals surface area contributed by atoms with Crippen molar-refractivity contribution in [3.8, 4) is 0 Å². The lowest BCUT2D eigenvalue weighted by Crippen LogP contribution is -2.63. The highest BCUT2D eigenvalue weighted by atomic mass is 19.1. The van der Waals surface area contributed by atoms with Crippen molar-refractivity contribution >= 4 is 70.0 Å². The summed E-state index contributed by atoms with van der Waals surface area (Å²) in [5.74, 6) is -6.43. The molecule has 5 atom stereocenters. The molecule has 5 heterocycles. The van der Waals surface area contributed by atoms with E-state index in [-0.39, 0.29) is 82.1 Å². The summed E-state index contributed by atoms with van der Waals surface area (Å²) in [6.07, 6.45) is 13.9. The van der Waals surface area contributed by atoms with Gasteiger partial charge in [0, 0.05) is 75.2 Å². The van der Waals surface area contributed by atoms with Crippen molar-refractivity contribution in [2.75, 3.05) is 52.9 Å². The number of nitrogens with one attached hydrogen (secondary N) is 7. The van der Waals surface area contributed by atoms with Gasteiger partial charge in [-0.05, 0) is 151 Å². The van der Waals surface area contributed by atoms with Crippen LogP contribution < -0.4 is 37.6 Å². The fourth-order valence-corrected chi connectivity index (χ4v) is 11.7. The Morgan fingerprint density at radius 2 is 1.45 bits per heavy atom. The van der Waals surface area contributed by atoms with Crippen LogP contribution in [0.15, 0.2) is 60.8 Å². The third-order valence-corrected chi connectivity index (χ3v) is 16.7. The van der Waals surface area contributed by atoms with Gasteiger partial charge >= 0.3 is 0 Å². The van der Waals surface area contributed by atoms with Gasteiger partial charge in [0.2, 0.25) is 53.2 Å². The van der Waals surface area contributed by atoms with Crippen molar-refractivity contribution in [3.63, 3.8) is 0 Å². The largest absolute Gasteiger partial charge is 0.381 e. The minimum Gasteiger partial charge on any atom is -0.381 e. The molecule has 0 unspecified atom stereocenters. The number of fused-ring (bicyclic) bond motifs is 23. The van der Waals surface area contributed by atoms with Gasteiger partial charge in [0.15, 0.2) is 0 Å². The second-order valence-electron chi connectivity index (χ2n) is 23.0. The number of aromatic amines is 1. The van der Waals surface area contributed by atoms with Gasteiger partial charge in [-0.1, -0.05) is 30.7 Å². The Balaban J connectivity index is 1.17. The molecule has 0 spiro atoms. The Morgan fingerprint density at radius 3 is 2.19 bits per heavy atom. The highest BCUT2D eigenvalue weighted by molar-refractivity contribution is 5.99. The topological polar surface area (TPSA) is 304 Å². The molecule has 3 aromatic rings. The molecule has 10 amide bonds. The predicted octanol–water partition coefficient (Wildman–Crippen LogP) is 3.11. The third-order valence-electron chi connectivity index (χ3n) is 16.7. The van der Waals surface area contributed by atoms with E-state index < -0.39 is 95.9 Å². The van der Waals surface area contributed by atoms with Crippen LogP contribution in [-0.2, 0) is 60.7 Å². The van der Waals surface area contributed by atoms with Gasteiger partial charge in [-0.15, -0.1) is 0 Å². The first-order chi connectivity index (χ1) is 40.3. The molecule has 5 aliphatic rings. The summed E-state index contributed by atoms with van der Waals surface area (Å²) in [6.45, 7) is 2.42. The number of hydrogen-bond donors (Lipinski definition) is 8. The molecule has 23 heteroatoms. The molecule has 9 N–H and O–H groups in total. The SMILES string of the molecule is COC1CCC(C[C@@H]2NC(=O)[C@H](C)NC(=O)CN3CCCC/C=C\CCCN(CC(=O)N[C@@H](Cc4c[nH]c5ccc(F)cc45)C3=O)C(=O)CNC(=O)CCCCCNC(=O)c3ccc(cc3)C[C@@H](C(N)=O)NC(=O)[C@]3(C)CCCN3C2=O)CC1. The summed E-state index contributed by atoms with van der Waals surface area (Å²) >= 11 is 0. The van der Waals surface area contributed by atoms with Crippen molar-refractivity contribution in [1.82, 2.24) is 51.6 Å². The Hall–Kier alpha value is -7.69. The average Bonchev–Trinajstić information content (AvgIpc) is 3.63. The van der Waals surface area contributed by atoms with Gasteiger partial charge in [-0.3, -0.25) is 47.9 Å². The van der Waals surface area contributed by atoms with E-state index in [9.17, 15) is 52.3 Å². The van der Waals surface area contributed by atoms with Gasteiger partial charge < -0.3 is 62.1 Å². The maximum Gasteiger partial charge on any atom is 0.251 e. The number of carbonyl (C=O) groups is 10. The second kappa shape index (κ2) is 30.7. The van der Waals surface area contributed by atoms with Crippen molar-refractivity contribution in [2.24, 2.45) is 11.7 Å². The predicted molar refractivity (Wildman–Crippen MR) is 311 cm³/mol. The van der Waals surface area contributed by atoms with Crippen LogP contribution in [0.1, 0.15) is 138 Å². The number of ether oxygens (including phenoxy) is 1. The third kappa shape index (κ3) is 17.9. The number of nitrogens with zero attached hydrogens (tertiary/aromatic N) is 3. The number of methoxy groups -OCH3 is 1. The van der Waals surface area contributed by atoms with Gasteiger partial charge in [0.05, 0.1) is 25.7 Å². The lowest BCUT2D eigenvalue weighted by molar-refractivity contribution is -0.147. The molecule has 84 heavy (non-hydrogen) atoms. The number of hydrogen-bond acceptors (Lipinski definition) is 11. The van der Waals surface area contributed by atoms with Gasteiger partial charge in [0.1, 0.15) is 35.5 Å². The number of nitrogens with two attached hydrogens (primary N) is 1. The average molecular weight is 1170 g/mol. The van der Waals surface area contributed by atoms with Crippen LogP contribution in [0, 0.1) is 11.7 Å². The molecule has 22 nitrogen and oxygen atoms in total. The highest BCUT2D eigenvalue weighted by Crippen LogP contribution is 2.34. The number of allylic oxidation sites excluding steroid dienone is 2. The first-order valence-corrected chi connectivity index (χ1v) is 29.8. The van der Waals surface area contributed by atoms with Crippen LogP contribution >= 0.6 is 0 Å². The highest BCUT2D eigenvalue weighted by Gasteiger charge is 2.49. The van der Waals surface area contributed by atoms with Crippen LogP contribution in [0.5, 0.6) is 0 Å². The van der Waals surface area contributed by atoms with E-state index in [1.54, 1.807) is 50.6 Å². The second-order valence-corrected chi connectivity index (χ2v) is 23.0. The smallest absolute Gasteiger partial charge is 0.251 e. The summed E-state index contributed by atoms with van der Waals surface area (Å²) in [5, 5.41) is 17.2. The van der Waals surface area contributed by atoms with Crippen molar-refractivity contribution in [2.45, 2.75) is 165 Å². The monoisotopic (exact) mass is 1170 g/mol. The number of primary amides is 1. The van der Waals surface area contributed by atoms with Crippen LogP contribution in [-0.4, -0.2) is 167 Å². The molecule has 1 aromatic heterocycles. The van der Waals surface area contributed by atoms with Crippen LogP contribution in [0.3, 0.4) is 0 Å². The fourth-order valence-electron chi connectivity index (χ4n) is 11.7. The molecule has 8 rings (SSSR count). The first kappa shape index (κ1) is 63.9. The number of carbonyl (C=O) groups excluding carboxylic acids is 10. The van der Waals surface area contributed by atoms with E-state index in [2.05, 4.69) is 36.9 Å². The standard InChI is InChI=1S/C61H84FN11O11/c1-39-56(79)69-49(32-41-18-23-45(84-3)24-19-41)59(82)73-30-14-26-61(73,2)60(83)70-48(55(63)78)31-40-16-20-42(21-17-40)57(80)64-27-11-9-10-15-51(74)66-36-54(77)71-28-12-7-5-4-6-8-13-29-72(38-52(75)67-39)58(81)50(68-53(76)37-71)33-43-35-65-47-25-22-44(62)34-46(43)47/h4-5,16-17,20-22,25,34-35,39,41,45,48-50,65H,6-15,18-19,23-24,26-33,36-38H2,1-3H3,(H2,63,78)(H,64,80)(H,66,74)(H,67,75)(H,68,76)(H,69,79)(H,70,83)/b5-4-/t39-,41?,45?,48-,49-,50-,61-/m0/s1. The van der Waals surface area contributed by atoms with E-state index in [1.807, 2.05) is 12.2 Å².